The fourth-order valence-electron chi connectivity index (χ4n) is 3.64. The first-order valence-corrected chi connectivity index (χ1v) is 10.2. The van der Waals surface area contributed by atoms with Crippen LogP contribution in [0.1, 0.15) is 25.5 Å². The zero-order chi connectivity index (χ0) is 22.7. The van der Waals surface area contributed by atoms with Crippen molar-refractivity contribution in [2.24, 2.45) is 11.3 Å². The van der Waals surface area contributed by atoms with Crippen LogP contribution in [0.2, 0.25) is 0 Å². The van der Waals surface area contributed by atoms with E-state index in [0.717, 1.165) is 0 Å². The first-order chi connectivity index (χ1) is 15.4. The van der Waals surface area contributed by atoms with Crippen LogP contribution in [0.15, 0.2) is 78.9 Å². The van der Waals surface area contributed by atoms with Crippen LogP contribution in [-0.4, -0.2) is 12.1 Å². The number of benzene rings is 3. The zero-order valence-electron chi connectivity index (χ0n) is 17.7. The molecular formula is C26H22FNO4. The number of hydrogen-bond acceptors (Lipinski definition) is 5. The maximum atomic E-state index is 13.9. The highest BCUT2D eigenvalue weighted by atomic mass is 19.1. The van der Waals surface area contributed by atoms with Crippen molar-refractivity contribution in [3.05, 3.63) is 90.2 Å². The Balaban J connectivity index is 1.45. The van der Waals surface area contributed by atoms with Gasteiger partial charge in [0.15, 0.2) is 11.6 Å². The molecule has 3 unspecified atom stereocenters. The molecule has 4 rings (SSSR count). The molecule has 0 aromatic heterocycles. The topological polar surface area (TPSA) is 68.5 Å². The average molecular weight is 431 g/mol. The molecule has 0 bridgehead atoms. The van der Waals surface area contributed by atoms with Crippen LogP contribution >= 0.6 is 0 Å². The fourth-order valence-corrected chi connectivity index (χ4v) is 3.64. The van der Waals surface area contributed by atoms with E-state index in [1.807, 2.05) is 50.2 Å². The van der Waals surface area contributed by atoms with Crippen LogP contribution in [0.3, 0.4) is 0 Å². The van der Waals surface area contributed by atoms with Gasteiger partial charge in [-0.3, -0.25) is 4.79 Å². The van der Waals surface area contributed by atoms with E-state index in [4.69, 9.17) is 14.2 Å². The SMILES string of the molecule is CC1(C)C(Oc2ccccc2F)C1C(=O)OC(C#N)c1cccc(Oc2ccccc2)c1. The number of nitriles is 1. The molecule has 1 aliphatic rings. The number of nitrogens with zero attached hydrogens (tertiary/aromatic N) is 1. The Hall–Kier alpha value is -3.85. The van der Waals surface area contributed by atoms with Gasteiger partial charge in [-0.2, -0.15) is 5.26 Å². The number of rotatable bonds is 7. The minimum absolute atomic E-state index is 0.0865. The van der Waals surface area contributed by atoms with Gasteiger partial charge in [0.05, 0.1) is 0 Å². The lowest BCUT2D eigenvalue weighted by atomic mass is 10.1. The van der Waals surface area contributed by atoms with Crippen LogP contribution in [0.5, 0.6) is 17.2 Å². The standard InChI is InChI=1S/C26H22FNO4/c1-26(2)23(24(26)31-21-14-7-6-13-20(21)27)25(29)32-22(16-28)17-9-8-12-19(15-17)30-18-10-4-3-5-11-18/h3-15,22-24H,1-2H3. The molecule has 0 heterocycles. The minimum atomic E-state index is -1.10. The molecule has 0 radical (unpaired) electrons. The van der Waals surface area contributed by atoms with Gasteiger partial charge in [0, 0.05) is 11.0 Å². The van der Waals surface area contributed by atoms with Gasteiger partial charge in [-0.25, -0.2) is 4.39 Å². The third-order valence-corrected chi connectivity index (χ3v) is 5.56. The quantitative estimate of drug-likeness (QED) is 0.440. The molecule has 0 aliphatic heterocycles. The molecule has 5 nitrogen and oxygen atoms in total. The second-order valence-electron chi connectivity index (χ2n) is 8.20. The summed E-state index contributed by atoms with van der Waals surface area (Å²) in [5, 5.41) is 9.63. The molecule has 0 N–H and O–H groups in total. The Morgan fingerprint density at radius 3 is 2.41 bits per heavy atom. The minimum Gasteiger partial charge on any atom is -0.486 e. The van der Waals surface area contributed by atoms with E-state index in [9.17, 15) is 14.4 Å². The zero-order valence-corrected chi connectivity index (χ0v) is 17.7. The molecule has 3 atom stereocenters. The second-order valence-corrected chi connectivity index (χ2v) is 8.20. The summed E-state index contributed by atoms with van der Waals surface area (Å²) >= 11 is 0. The molecular weight excluding hydrogens is 409 g/mol. The maximum absolute atomic E-state index is 13.9. The highest BCUT2D eigenvalue weighted by molar-refractivity contribution is 5.79. The van der Waals surface area contributed by atoms with Crippen molar-refractivity contribution in [2.45, 2.75) is 26.1 Å². The Morgan fingerprint density at radius 2 is 1.69 bits per heavy atom. The summed E-state index contributed by atoms with van der Waals surface area (Å²) in [6.07, 6.45) is -1.65. The maximum Gasteiger partial charge on any atom is 0.315 e. The predicted molar refractivity (Wildman–Crippen MR) is 115 cm³/mol. The molecule has 0 amide bonds. The number of hydrogen-bond donors (Lipinski definition) is 0. The number of carbonyl (C=O) groups excluding carboxylic acids is 1. The first kappa shape index (κ1) is 21.4. The Labute approximate surface area is 186 Å². The Kier molecular flexibility index (Phi) is 5.83. The van der Waals surface area contributed by atoms with E-state index < -0.39 is 35.3 Å². The molecule has 3 aromatic rings. The van der Waals surface area contributed by atoms with Gasteiger partial charge in [-0.05, 0) is 36.4 Å². The highest BCUT2D eigenvalue weighted by Crippen LogP contribution is 2.55. The van der Waals surface area contributed by atoms with E-state index in [0.29, 0.717) is 17.1 Å². The van der Waals surface area contributed by atoms with E-state index in [-0.39, 0.29) is 5.75 Å². The molecule has 32 heavy (non-hydrogen) atoms. The summed E-state index contributed by atoms with van der Waals surface area (Å²) in [6.45, 7) is 3.69. The molecule has 1 aliphatic carbocycles. The van der Waals surface area contributed by atoms with Crippen molar-refractivity contribution in [1.29, 1.82) is 5.26 Å². The normalized spacial score (nSPS) is 19.3. The number of carbonyl (C=O) groups is 1. The average Bonchev–Trinajstić information content (AvgIpc) is 3.34. The van der Waals surface area contributed by atoms with Crippen molar-refractivity contribution < 1.29 is 23.4 Å². The molecule has 1 saturated carbocycles. The summed E-state index contributed by atoms with van der Waals surface area (Å²) < 4.78 is 31.0. The summed E-state index contributed by atoms with van der Waals surface area (Å²) in [5.41, 5.74) is -0.0446. The van der Waals surface area contributed by atoms with Crippen LogP contribution in [0.4, 0.5) is 4.39 Å². The largest absolute Gasteiger partial charge is 0.486 e. The van der Waals surface area contributed by atoms with E-state index >= 15 is 0 Å². The van der Waals surface area contributed by atoms with E-state index in [1.165, 1.54) is 12.1 Å². The summed E-state index contributed by atoms with van der Waals surface area (Å²) in [5.74, 6) is -0.393. The lowest BCUT2D eigenvalue weighted by molar-refractivity contribution is -0.149. The van der Waals surface area contributed by atoms with Gasteiger partial charge >= 0.3 is 5.97 Å². The Morgan fingerprint density at radius 1 is 1.00 bits per heavy atom. The van der Waals surface area contributed by atoms with Gasteiger partial charge < -0.3 is 14.2 Å². The van der Waals surface area contributed by atoms with Gasteiger partial charge in [-0.15, -0.1) is 0 Å². The van der Waals surface area contributed by atoms with Crippen molar-refractivity contribution in [2.75, 3.05) is 0 Å². The van der Waals surface area contributed by atoms with Crippen LogP contribution in [0.25, 0.3) is 0 Å². The summed E-state index contributed by atoms with van der Waals surface area (Å²) in [7, 11) is 0. The third kappa shape index (κ3) is 4.42. The van der Waals surface area contributed by atoms with E-state index in [2.05, 4.69) is 0 Å². The van der Waals surface area contributed by atoms with Gasteiger partial charge in [0.25, 0.3) is 0 Å². The molecule has 0 spiro atoms. The second kappa shape index (κ2) is 8.72. The monoisotopic (exact) mass is 431 g/mol. The van der Waals surface area contributed by atoms with Crippen LogP contribution in [0, 0.1) is 28.5 Å². The van der Waals surface area contributed by atoms with Crippen molar-refractivity contribution in [1.82, 2.24) is 0 Å². The fraction of sp³-hybridized carbons (Fsp3) is 0.231. The van der Waals surface area contributed by atoms with Crippen molar-refractivity contribution in [3.8, 4) is 23.3 Å². The molecule has 3 aromatic carbocycles. The van der Waals surface area contributed by atoms with Crippen LogP contribution in [-0.2, 0) is 9.53 Å². The number of ether oxygens (including phenoxy) is 3. The number of para-hydroxylation sites is 2. The number of halogens is 1. The predicted octanol–water partition coefficient (Wildman–Crippen LogP) is 5.83. The third-order valence-electron chi connectivity index (χ3n) is 5.56. The Bertz CT molecular complexity index is 1160. The highest BCUT2D eigenvalue weighted by Gasteiger charge is 2.65. The van der Waals surface area contributed by atoms with Gasteiger partial charge in [0.2, 0.25) is 6.10 Å². The molecule has 0 saturated heterocycles. The molecule has 1 fully saturated rings. The smallest absolute Gasteiger partial charge is 0.315 e. The number of esters is 1. The lowest BCUT2D eigenvalue weighted by Crippen LogP contribution is -2.16. The first-order valence-electron chi connectivity index (χ1n) is 10.2. The summed E-state index contributed by atoms with van der Waals surface area (Å²) in [4.78, 5) is 12.8. The summed E-state index contributed by atoms with van der Waals surface area (Å²) in [6, 6.07) is 24.2. The van der Waals surface area contributed by atoms with E-state index in [1.54, 1.807) is 36.4 Å². The molecule has 162 valence electrons. The van der Waals surface area contributed by atoms with Gasteiger partial charge in [0.1, 0.15) is 29.6 Å². The van der Waals surface area contributed by atoms with Crippen LogP contribution < -0.4 is 9.47 Å². The van der Waals surface area contributed by atoms with Gasteiger partial charge in [-0.1, -0.05) is 56.3 Å². The molecule has 6 heteroatoms. The lowest BCUT2D eigenvalue weighted by Gasteiger charge is -2.13. The van der Waals surface area contributed by atoms with Crippen molar-refractivity contribution in [3.63, 3.8) is 0 Å². The van der Waals surface area contributed by atoms with Crippen molar-refractivity contribution >= 4 is 5.97 Å².